The fourth-order valence-corrected chi connectivity index (χ4v) is 1.18. The minimum absolute atomic E-state index is 0.0822. The highest BCUT2D eigenvalue weighted by Crippen LogP contribution is 2.16. The van der Waals surface area contributed by atoms with E-state index >= 15 is 0 Å². The van der Waals surface area contributed by atoms with E-state index in [9.17, 15) is 12.3 Å². The van der Waals surface area contributed by atoms with E-state index in [1.807, 2.05) is 0 Å². The minimum atomic E-state index is -4.86. The van der Waals surface area contributed by atoms with Crippen molar-refractivity contribution in [3.05, 3.63) is 11.8 Å². The molecule has 14 heavy (non-hydrogen) atoms. The van der Waals surface area contributed by atoms with Gasteiger partial charge in [0.25, 0.3) is 5.16 Å². The molecule has 7 heteroatoms. The SMILES string of the molecule is CCOc1nc(S(=O)(=O)F)ncc1C. The van der Waals surface area contributed by atoms with Crippen molar-refractivity contribution in [2.45, 2.75) is 19.0 Å². The van der Waals surface area contributed by atoms with E-state index in [1.54, 1.807) is 13.8 Å². The number of halogens is 1. The maximum absolute atomic E-state index is 12.5. The predicted molar refractivity (Wildman–Crippen MR) is 46.2 cm³/mol. The normalized spacial score (nSPS) is 11.4. The fourth-order valence-electron chi connectivity index (χ4n) is 0.811. The van der Waals surface area contributed by atoms with Gasteiger partial charge in [-0.05, 0) is 13.8 Å². The zero-order valence-corrected chi connectivity index (χ0v) is 8.51. The van der Waals surface area contributed by atoms with Crippen LogP contribution in [0.15, 0.2) is 11.4 Å². The third-order valence-electron chi connectivity index (χ3n) is 1.40. The molecule has 0 aromatic carbocycles. The van der Waals surface area contributed by atoms with E-state index in [-0.39, 0.29) is 5.88 Å². The molecule has 0 atom stereocenters. The molecule has 0 amide bonds. The molecule has 0 spiro atoms. The molecule has 1 heterocycles. The second-order valence-electron chi connectivity index (χ2n) is 2.51. The lowest BCUT2D eigenvalue weighted by Crippen LogP contribution is -2.04. The van der Waals surface area contributed by atoms with Crippen LogP contribution >= 0.6 is 0 Å². The van der Waals surface area contributed by atoms with Crippen LogP contribution in [0.3, 0.4) is 0 Å². The minimum Gasteiger partial charge on any atom is -0.478 e. The summed E-state index contributed by atoms with van der Waals surface area (Å²) in [5.74, 6) is 0.0822. The van der Waals surface area contributed by atoms with Crippen molar-refractivity contribution in [2.75, 3.05) is 6.61 Å². The van der Waals surface area contributed by atoms with Crippen LogP contribution in [-0.2, 0) is 10.2 Å². The monoisotopic (exact) mass is 220 g/mol. The van der Waals surface area contributed by atoms with E-state index in [2.05, 4.69) is 9.97 Å². The van der Waals surface area contributed by atoms with Crippen molar-refractivity contribution in [2.24, 2.45) is 0 Å². The summed E-state index contributed by atoms with van der Waals surface area (Å²) in [6.45, 7) is 3.68. The van der Waals surface area contributed by atoms with Gasteiger partial charge in [0.2, 0.25) is 5.88 Å². The number of hydrogen-bond acceptors (Lipinski definition) is 5. The highest BCUT2D eigenvalue weighted by molar-refractivity contribution is 7.86. The lowest BCUT2D eigenvalue weighted by Gasteiger charge is -2.04. The molecule has 0 aliphatic heterocycles. The number of aromatic nitrogens is 2. The van der Waals surface area contributed by atoms with Gasteiger partial charge < -0.3 is 4.74 Å². The summed E-state index contributed by atoms with van der Waals surface area (Å²) < 4.78 is 38.4. The number of aryl methyl sites for hydroxylation is 1. The summed E-state index contributed by atoms with van der Waals surface area (Å²) in [4.78, 5) is 6.78. The van der Waals surface area contributed by atoms with Crippen molar-refractivity contribution in [3.8, 4) is 5.88 Å². The first-order chi connectivity index (χ1) is 6.45. The van der Waals surface area contributed by atoms with Gasteiger partial charge in [0.1, 0.15) is 0 Å². The molecule has 0 saturated heterocycles. The Bertz CT molecular complexity index is 433. The van der Waals surface area contributed by atoms with Crippen LogP contribution in [0.4, 0.5) is 3.89 Å². The summed E-state index contributed by atoms with van der Waals surface area (Å²) in [7, 11) is -4.86. The summed E-state index contributed by atoms with van der Waals surface area (Å²) in [6.07, 6.45) is 1.20. The van der Waals surface area contributed by atoms with Gasteiger partial charge >= 0.3 is 10.2 Å². The van der Waals surface area contributed by atoms with Gasteiger partial charge in [-0.3, -0.25) is 0 Å². The molecule has 0 saturated carbocycles. The van der Waals surface area contributed by atoms with Gasteiger partial charge in [-0.2, -0.15) is 13.4 Å². The van der Waals surface area contributed by atoms with Crippen molar-refractivity contribution in [3.63, 3.8) is 0 Å². The van der Waals surface area contributed by atoms with E-state index in [0.29, 0.717) is 12.2 Å². The number of ether oxygens (including phenoxy) is 1. The lowest BCUT2D eigenvalue weighted by atomic mass is 10.4. The van der Waals surface area contributed by atoms with E-state index in [0.717, 1.165) is 0 Å². The van der Waals surface area contributed by atoms with Crippen LogP contribution < -0.4 is 4.74 Å². The van der Waals surface area contributed by atoms with Crippen LogP contribution in [0.2, 0.25) is 0 Å². The van der Waals surface area contributed by atoms with Crippen LogP contribution in [-0.4, -0.2) is 25.0 Å². The average molecular weight is 220 g/mol. The van der Waals surface area contributed by atoms with Crippen molar-refractivity contribution in [1.29, 1.82) is 0 Å². The van der Waals surface area contributed by atoms with Crippen LogP contribution in [0.25, 0.3) is 0 Å². The van der Waals surface area contributed by atoms with E-state index < -0.39 is 15.4 Å². The summed E-state index contributed by atoms with van der Waals surface area (Å²) in [5, 5.41) is -0.869. The molecule has 0 fully saturated rings. The standard InChI is InChI=1S/C7H9FN2O3S/c1-3-13-6-5(2)4-9-7(10-6)14(8,11)12/h4H,3H2,1-2H3. The molecule has 0 unspecified atom stereocenters. The van der Waals surface area contributed by atoms with Gasteiger partial charge in [-0.15, -0.1) is 0 Å². The topological polar surface area (TPSA) is 69.2 Å². The Hall–Kier alpha value is -1.24. The van der Waals surface area contributed by atoms with Gasteiger partial charge in [0, 0.05) is 11.8 Å². The molecule has 0 bridgehead atoms. The van der Waals surface area contributed by atoms with Gasteiger partial charge in [0.15, 0.2) is 0 Å². The second kappa shape index (κ2) is 3.87. The Kier molecular flexibility index (Phi) is 3.00. The molecule has 0 radical (unpaired) electrons. The molecule has 0 aliphatic carbocycles. The Balaban J connectivity index is 3.20. The third kappa shape index (κ3) is 2.38. The first-order valence-electron chi connectivity index (χ1n) is 3.86. The average Bonchev–Trinajstić information content (AvgIpc) is 2.07. The van der Waals surface area contributed by atoms with Crippen LogP contribution in [0.1, 0.15) is 12.5 Å². The Morgan fingerprint density at radius 1 is 1.57 bits per heavy atom. The van der Waals surface area contributed by atoms with Crippen molar-refractivity contribution in [1.82, 2.24) is 9.97 Å². The van der Waals surface area contributed by atoms with Crippen molar-refractivity contribution >= 4 is 10.2 Å². The zero-order valence-electron chi connectivity index (χ0n) is 7.69. The van der Waals surface area contributed by atoms with Gasteiger partial charge in [-0.25, -0.2) is 4.98 Å². The number of hydrogen-bond donors (Lipinski definition) is 0. The van der Waals surface area contributed by atoms with Crippen molar-refractivity contribution < 1.29 is 17.0 Å². The quantitative estimate of drug-likeness (QED) is 0.557. The molecule has 5 nitrogen and oxygen atoms in total. The molecule has 0 aliphatic rings. The predicted octanol–water partition coefficient (Wildman–Crippen LogP) is 0.842. The van der Waals surface area contributed by atoms with Crippen LogP contribution in [0, 0.1) is 6.92 Å². The largest absolute Gasteiger partial charge is 0.478 e. The Morgan fingerprint density at radius 2 is 2.21 bits per heavy atom. The highest BCUT2D eigenvalue weighted by atomic mass is 32.3. The molecule has 1 rings (SSSR count). The number of rotatable bonds is 3. The van der Waals surface area contributed by atoms with E-state index in [1.165, 1.54) is 6.20 Å². The molecular weight excluding hydrogens is 211 g/mol. The molecule has 1 aromatic rings. The molecule has 1 aromatic heterocycles. The molecule has 78 valence electrons. The third-order valence-corrected chi connectivity index (χ3v) is 2.04. The summed E-state index contributed by atoms with van der Waals surface area (Å²) in [6, 6.07) is 0. The highest BCUT2D eigenvalue weighted by Gasteiger charge is 2.17. The zero-order chi connectivity index (χ0) is 10.8. The lowest BCUT2D eigenvalue weighted by molar-refractivity contribution is 0.319. The summed E-state index contributed by atoms with van der Waals surface area (Å²) >= 11 is 0. The first kappa shape index (κ1) is 10.8. The number of nitrogens with zero attached hydrogens (tertiary/aromatic N) is 2. The first-order valence-corrected chi connectivity index (χ1v) is 5.24. The maximum atomic E-state index is 12.5. The second-order valence-corrected chi connectivity index (χ2v) is 3.75. The molecule has 0 N–H and O–H groups in total. The van der Waals surface area contributed by atoms with Gasteiger partial charge in [0.05, 0.1) is 6.61 Å². The van der Waals surface area contributed by atoms with Gasteiger partial charge in [-0.1, -0.05) is 3.89 Å². The summed E-state index contributed by atoms with van der Waals surface area (Å²) in [5.41, 5.74) is 0.555. The molecular formula is C7H9FN2O3S. The maximum Gasteiger partial charge on any atom is 0.368 e. The fraction of sp³-hybridized carbons (Fsp3) is 0.429. The smallest absolute Gasteiger partial charge is 0.368 e. The Labute approximate surface area is 81.2 Å². The van der Waals surface area contributed by atoms with E-state index in [4.69, 9.17) is 4.74 Å². The Morgan fingerprint density at radius 3 is 2.71 bits per heavy atom. The van der Waals surface area contributed by atoms with Crippen LogP contribution in [0.5, 0.6) is 5.88 Å².